The molecule has 0 saturated heterocycles. The molecule has 23 heavy (non-hydrogen) atoms. The first-order chi connectivity index (χ1) is 11.2. The highest BCUT2D eigenvalue weighted by Crippen LogP contribution is 2.21. The number of benzene rings is 2. The van der Waals surface area contributed by atoms with Crippen molar-refractivity contribution in [1.29, 1.82) is 0 Å². The van der Waals surface area contributed by atoms with Gasteiger partial charge in [-0.25, -0.2) is 0 Å². The molecule has 2 aromatic carbocycles. The number of amides is 1. The second-order valence-corrected chi connectivity index (χ2v) is 6.42. The third-order valence-corrected chi connectivity index (χ3v) is 4.43. The number of nitrogens with one attached hydrogen (secondary N) is 2. The Hall–Kier alpha value is -1.85. The maximum Gasteiger partial charge on any atom is 0.258 e. The molecule has 4 nitrogen and oxygen atoms in total. The first-order valence-electron chi connectivity index (χ1n) is 7.68. The molecule has 1 unspecified atom stereocenters. The van der Waals surface area contributed by atoms with Crippen molar-refractivity contribution in [3.05, 3.63) is 64.1 Å². The van der Waals surface area contributed by atoms with Crippen LogP contribution in [0.2, 0.25) is 0 Å². The van der Waals surface area contributed by atoms with Gasteiger partial charge in [-0.15, -0.1) is 0 Å². The molecule has 0 bridgehead atoms. The number of hydrogen-bond donors (Lipinski definition) is 2. The summed E-state index contributed by atoms with van der Waals surface area (Å²) >= 11 is 3.37. The maximum atomic E-state index is 12.0. The third kappa shape index (κ3) is 4.33. The molecule has 0 radical (unpaired) electrons. The van der Waals surface area contributed by atoms with Gasteiger partial charge in [-0.1, -0.05) is 40.2 Å². The Morgan fingerprint density at radius 1 is 1.22 bits per heavy atom. The van der Waals surface area contributed by atoms with Crippen LogP contribution in [-0.2, 0) is 11.2 Å². The number of rotatable bonds is 5. The highest BCUT2D eigenvalue weighted by Gasteiger charge is 2.19. The Balaban J connectivity index is 1.49. The molecule has 1 aliphatic rings. The minimum atomic E-state index is -0.113. The molecule has 0 fully saturated rings. The molecule has 120 valence electrons. The topological polar surface area (TPSA) is 50.4 Å². The van der Waals surface area contributed by atoms with E-state index in [1.165, 1.54) is 11.1 Å². The van der Waals surface area contributed by atoms with E-state index in [9.17, 15) is 4.79 Å². The number of halogens is 1. The normalized spacial score (nSPS) is 16.5. The molecule has 1 heterocycles. The van der Waals surface area contributed by atoms with E-state index < -0.39 is 0 Å². The van der Waals surface area contributed by atoms with Gasteiger partial charge < -0.3 is 15.4 Å². The number of fused-ring (bicyclic) bond motifs is 1. The number of ether oxygens (including phenoxy) is 1. The number of carbonyl (C=O) groups excluding carboxylic acids is 1. The van der Waals surface area contributed by atoms with E-state index in [0.717, 1.165) is 17.4 Å². The molecule has 2 N–H and O–H groups in total. The molecule has 3 rings (SSSR count). The molecule has 0 saturated carbocycles. The molecule has 5 heteroatoms. The average molecular weight is 375 g/mol. The van der Waals surface area contributed by atoms with Crippen LogP contribution in [0.4, 0.5) is 0 Å². The van der Waals surface area contributed by atoms with Crippen LogP contribution in [0.3, 0.4) is 0 Å². The van der Waals surface area contributed by atoms with Crippen LogP contribution in [0.25, 0.3) is 0 Å². The zero-order chi connectivity index (χ0) is 16.1. The predicted molar refractivity (Wildman–Crippen MR) is 93.5 cm³/mol. The lowest BCUT2D eigenvalue weighted by molar-refractivity contribution is -0.123. The minimum Gasteiger partial charge on any atom is -0.484 e. The van der Waals surface area contributed by atoms with Crippen molar-refractivity contribution in [2.24, 2.45) is 0 Å². The van der Waals surface area contributed by atoms with Crippen LogP contribution in [0.15, 0.2) is 53.0 Å². The fourth-order valence-corrected chi connectivity index (χ4v) is 2.99. The Labute approximate surface area is 144 Å². The van der Waals surface area contributed by atoms with E-state index >= 15 is 0 Å². The second kappa shape index (κ2) is 7.62. The smallest absolute Gasteiger partial charge is 0.258 e. The van der Waals surface area contributed by atoms with Crippen molar-refractivity contribution in [2.45, 2.75) is 12.5 Å². The van der Waals surface area contributed by atoms with Gasteiger partial charge in [0.15, 0.2) is 6.61 Å². The van der Waals surface area contributed by atoms with E-state index in [0.29, 0.717) is 12.3 Å². The second-order valence-electron chi connectivity index (χ2n) is 5.50. The maximum absolute atomic E-state index is 12.0. The molecule has 2 aromatic rings. The Morgan fingerprint density at radius 2 is 2.00 bits per heavy atom. The highest BCUT2D eigenvalue weighted by atomic mass is 79.9. The lowest BCUT2D eigenvalue weighted by Gasteiger charge is -2.27. The molecule has 0 spiro atoms. The van der Waals surface area contributed by atoms with Crippen molar-refractivity contribution in [3.8, 4) is 5.75 Å². The van der Waals surface area contributed by atoms with E-state index in [2.05, 4.69) is 44.8 Å². The Bertz CT molecular complexity index is 673. The lowest BCUT2D eigenvalue weighted by atomic mass is 9.94. The summed E-state index contributed by atoms with van der Waals surface area (Å²) in [5.41, 5.74) is 2.63. The zero-order valence-corrected chi connectivity index (χ0v) is 14.3. The molecule has 1 atom stereocenters. The molecular weight excluding hydrogens is 356 g/mol. The van der Waals surface area contributed by atoms with Crippen LogP contribution in [-0.4, -0.2) is 25.6 Å². The Kier molecular flexibility index (Phi) is 5.31. The molecule has 0 aromatic heterocycles. The molecular formula is C18H19BrN2O2. The fraction of sp³-hybridized carbons (Fsp3) is 0.278. The third-order valence-electron chi connectivity index (χ3n) is 3.90. The first-order valence-corrected chi connectivity index (χ1v) is 8.48. The highest BCUT2D eigenvalue weighted by molar-refractivity contribution is 9.10. The summed E-state index contributed by atoms with van der Waals surface area (Å²) < 4.78 is 6.46. The van der Waals surface area contributed by atoms with Gasteiger partial charge in [0.1, 0.15) is 5.75 Å². The molecule has 1 aliphatic heterocycles. The van der Waals surface area contributed by atoms with Crippen LogP contribution >= 0.6 is 15.9 Å². The molecule has 0 aliphatic carbocycles. The summed E-state index contributed by atoms with van der Waals surface area (Å²) in [5, 5.41) is 6.39. The van der Waals surface area contributed by atoms with Crippen LogP contribution in [0, 0.1) is 0 Å². The van der Waals surface area contributed by atoms with Crippen molar-refractivity contribution in [1.82, 2.24) is 10.6 Å². The standard InChI is InChI=1S/C18H19BrN2O2/c19-14-5-7-15(8-6-14)23-12-18(22)21-11-17-16-4-2-1-3-13(16)9-10-20-17/h1-8,17,20H,9-12H2,(H,21,22). The van der Waals surface area contributed by atoms with Crippen LogP contribution in [0.5, 0.6) is 5.75 Å². The Morgan fingerprint density at radius 3 is 2.83 bits per heavy atom. The van der Waals surface area contributed by atoms with Crippen molar-refractivity contribution in [2.75, 3.05) is 19.7 Å². The van der Waals surface area contributed by atoms with E-state index in [1.807, 2.05) is 30.3 Å². The van der Waals surface area contributed by atoms with Gasteiger partial charge in [-0.2, -0.15) is 0 Å². The van der Waals surface area contributed by atoms with Gasteiger partial charge in [-0.05, 0) is 48.4 Å². The summed E-state index contributed by atoms with van der Waals surface area (Å²) in [6, 6.07) is 16.0. The van der Waals surface area contributed by atoms with Crippen molar-refractivity contribution >= 4 is 21.8 Å². The number of hydrogen-bond acceptors (Lipinski definition) is 3. The lowest BCUT2D eigenvalue weighted by Crippen LogP contribution is -2.40. The first kappa shape index (κ1) is 16.0. The summed E-state index contributed by atoms with van der Waals surface area (Å²) in [5.74, 6) is 0.572. The SMILES string of the molecule is O=C(COc1ccc(Br)cc1)NCC1NCCc2ccccc21. The van der Waals surface area contributed by atoms with Gasteiger partial charge in [0.05, 0.1) is 0 Å². The minimum absolute atomic E-state index is 0.0238. The average Bonchev–Trinajstić information content (AvgIpc) is 2.59. The monoisotopic (exact) mass is 374 g/mol. The van der Waals surface area contributed by atoms with E-state index in [4.69, 9.17) is 4.74 Å². The summed E-state index contributed by atoms with van der Waals surface area (Å²) in [7, 11) is 0. The van der Waals surface area contributed by atoms with E-state index in [-0.39, 0.29) is 18.6 Å². The summed E-state index contributed by atoms with van der Waals surface area (Å²) in [4.78, 5) is 12.0. The number of carbonyl (C=O) groups is 1. The van der Waals surface area contributed by atoms with Crippen molar-refractivity contribution < 1.29 is 9.53 Å². The van der Waals surface area contributed by atoms with Gasteiger partial charge in [0.2, 0.25) is 0 Å². The summed E-state index contributed by atoms with van der Waals surface area (Å²) in [6.45, 7) is 1.53. The van der Waals surface area contributed by atoms with Crippen LogP contribution in [0.1, 0.15) is 17.2 Å². The van der Waals surface area contributed by atoms with Crippen molar-refractivity contribution in [3.63, 3.8) is 0 Å². The fourth-order valence-electron chi connectivity index (χ4n) is 2.72. The van der Waals surface area contributed by atoms with Gasteiger partial charge in [0, 0.05) is 17.1 Å². The molecule has 1 amide bonds. The predicted octanol–water partition coefficient (Wildman–Crippen LogP) is 2.83. The zero-order valence-electron chi connectivity index (χ0n) is 12.7. The largest absolute Gasteiger partial charge is 0.484 e. The van der Waals surface area contributed by atoms with Gasteiger partial charge >= 0.3 is 0 Å². The summed E-state index contributed by atoms with van der Waals surface area (Å²) in [6.07, 6.45) is 1.04. The van der Waals surface area contributed by atoms with Gasteiger partial charge in [0.25, 0.3) is 5.91 Å². The van der Waals surface area contributed by atoms with E-state index in [1.54, 1.807) is 0 Å². The quantitative estimate of drug-likeness (QED) is 0.845. The van der Waals surface area contributed by atoms with Crippen LogP contribution < -0.4 is 15.4 Å². The van der Waals surface area contributed by atoms with Gasteiger partial charge in [-0.3, -0.25) is 4.79 Å².